The van der Waals surface area contributed by atoms with Crippen LogP contribution < -0.4 is 5.32 Å². The lowest BCUT2D eigenvalue weighted by molar-refractivity contribution is -0.139. The van der Waals surface area contributed by atoms with Crippen molar-refractivity contribution in [1.82, 2.24) is 5.32 Å². The van der Waals surface area contributed by atoms with Gasteiger partial charge in [-0.25, -0.2) is 4.79 Å². The lowest BCUT2D eigenvalue weighted by atomic mass is 9.98. The third kappa shape index (κ3) is 3.81. The van der Waals surface area contributed by atoms with Crippen LogP contribution in [0, 0.1) is 20.8 Å². The zero-order chi connectivity index (χ0) is 14.6. The van der Waals surface area contributed by atoms with Crippen molar-refractivity contribution >= 4 is 11.9 Å². The van der Waals surface area contributed by atoms with Crippen molar-refractivity contribution < 1.29 is 14.7 Å². The fourth-order valence-corrected chi connectivity index (χ4v) is 2.31. The minimum absolute atomic E-state index is 0.309. The molecule has 0 saturated carbocycles. The van der Waals surface area contributed by atoms with Crippen LogP contribution in [0.5, 0.6) is 0 Å². The molecule has 0 radical (unpaired) electrons. The van der Waals surface area contributed by atoms with Gasteiger partial charge in [-0.1, -0.05) is 31.0 Å². The fraction of sp³-hybridized carbons (Fsp3) is 0.467. The number of hydrogen-bond acceptors (Lipinski definition) is 2. The van der Waals surface area contributed by atoms with E-state index in [0.717, 1.165) is 16.7 Å². The Morgan fingerprint density at radius 3 is 2.16 bits per heavy atom. The first kappa shape index (κ1) is 15.2. The highest BCUT2D eigenvalue weighted by atomic mass is 16.4. The van der Waals surface area contributed by atoms with Crippen LogP contribution in [0.1, 0.15) is 46.8 Å². The predicted octanol–water partition coefficient (Wildman–Crippen LogP) is 2.59. The van der Waals surface area contributed by atoms with Gasteiger partial charge < -0.3 is 10.4 Å². The molecule has 0 unspecified atom stereocenters. The predicted molar refractivity (Wildman–Crippen MR) is 74.5 cm³/mol. The maximum Gasteiger partial charge on any atom is 0.326 e. The molecule has 0 aliphatic heterocycles. The summed E-state index contributed by atoms with van der Waals surface area (Å²) in [6.07, 6.45) is 1.15. The number of aliphatic carboxylic acids is 1. The van der Waals surface area contributed by atoms with Crippen molar-refractivity contribution in [3.05, 3.63) is 34.4 Å². The number of aryl methyl sites for hydroxylation is 3. The largest absolute Gasteiger partial charge is 0.480 e. The van der Waals surface area contributed by atoms with Crippen LogP contribution in [0.15, 0.2) is 12.1 Å². The number of carbonyl (C=O) groups excluding carboxylic acids is 1. The third-order valence-corrected chi connectivity index (χ3v) is 3.08. The average molecular weight is 263 g/mol. The smallest absolute Gasteiger partial charge is 0.326 e. The Kier molecular flexibility index (Phi) is 5.10. The van der Waals surface area contributed by atoms with E-state index in [-0.39, 0.29) is 5.91 Å². The number of carbonyl (C=O) groups is 2. The molecule has 104 valence electrons. The maximum atomic E-state index is 12.2. The van der Waals surface area contributed by atoms with Crippen LogP contribution in [0.4, 0.5) is 0 Å². The van der Waals surface area contributed by atoms with Gasteiger partial charge in [-0.15, -0.1) is 0 Å². The van der Waals surface area contributed by atoms with Crippen molar-refractivity contribution in [1.29, 1.82) is 0 Å². The molecule has 0 bridgehead atoms. The molecular formula is C15H21NO3. The van der Waals surface area contributed by atoms with Gasteiger partial charge in [-0.2, -0.15) is 0 Å². The van der Waals surface area contributed by atoms with Gasteiger partial charge in [0.25, 0.3) is 5.91 Å². The number of benzene rings is 1. The summed E-state index contributed by atoms with van der Waals surface area (Å²) in [6.45, 7) is 7.60. The summed E-state index contributed by atoms with van der Waals surface area (Å²) in [5.41, 5.74) is 3.41. The molecule has 1 amide bonds. The van der Waals surface area contributed by atoms with Crippen molar-refractivity contribution in [2.75, 3.05) is 0 Å². The number of amides is 1. The lowest BCUT2D eigenvalue weighted by Crippen LogP contribution is -2.41. The van der Waals surface area contributed by atoms with Crippen LogP contribution in [0.25, 0.3) is 0 Å². The quantitative estimate of drug-likeness (QED) is 0.858. The van der Waals surface area contributed by atoms with Crippen LogP contribution in [0.3, 0.4) is 0 Å². The molecule has 0 saturated heterocycles. The normalized spacial score (nSPS) is 12.0. The van der Waals surface area contributed by atoms with Gasteiger partial charge in [0, 0.05) is 5.56 Å². The minimum Gasteiger partial charge on any atom is -0.480 e. The molecule has 1 atom stereocenters. The Balaban J connectivity index is 2.98. The van der Waals surface area contributed by atoms with Gasteiger partial charge in [-0.05, 0) is 38.3 Å². The van der Waals surface area contributed by atoms with Gasteiger partial charge in [0.1, 0.15) is 6.04 Å². The molecule has 1 aromatic carbocycles. The van der Waals surface area contributed by atoms with Gasteiger partial charge in [0.2, 0.25) is 0 Å². The number of rotatable bonds is 5. The summed E-state index contributed by atoms with van der Waals surface area (Å²) in [5, 5.41) is 11.7. The van der Waals surface area contributed by atoms with E-state index in [9.17, 15) is 9.59 Å². The van der Waals surface area contributed by atoms with Gasteiger partial charge >= 0.3 is 5.97 Å². The molecule has 0 aliphatic carbocycles. The van der Waals surface area contributed by atoms with E-state index < -0.39 is 12.0 Å². The van der Waals surface area contributed by atoms with Crippen LogP contribution in [-0.2, 0) is 4.79 Å². The topological polar surface area (TPSA) is 66.4 Å². The molecule has 0 spiro atoms. The lowest BCUT2D eigenvalue weighted by Gasteiger charge is -2.16. The molecule has 2 N–H and O–H groups in total. The Bertz CT molecular complexity index is 471. The summed E-state index contributed by atoms with van der Waals surface area (Å²) in [6, 6.07) is 3.03. The second-order valence-electron chi connectivity index (χ2n) is 4.93. The highest BCUT2D eigenvalue weighted by molar-refractivity contribution is 5.99. The number of nitrogens with one attached hydrogen (secondary N) is 1. The zero-order valence-electron chi connectivity index (χ0n) is 11.9. The SMILES string of the molecule is CCC[C@@H](NC(=O)c1c(C)cc(C)cc1C)C(=O)O. The first-order valence-corrected chi connectivity index (χ1v) is 6.48. The van der Waals surface area contributed by atoms with E-state index in [1.165, 1.54) is 0 Å². The van der Waals surface area contributed by atoms with Gasteiger partial charge in [-0.3, -0.25) is 4.79 Å². The average Bonchev–Trinajstić information content (AvgIpc) is 2.26. The summed E-state index contributed by atoms with van der Waals surface area (Å²) in [4.78, 5) is 23.3. The van der Waals surface area contributed by atoms with Gasteiger partial charge in [0.05, 0.1) is 0 Å². The minimum atomic E-state index is -0.988. The summed E-state index contributed by atoms with van der Waals surface area (Å²) in [5.74, 6) is -1.30. The Morgan fingerprint density at radius 1 is 1.21 bits per heavy atom. The molecule has 19 heavy (non-hydrogen) atoms. The zero-order valence-corrected chi connectivity index (χ0v) is 11.9. The molecule has 0 aliphatic rings. The fourth-order valence-electron chi connectivity index (χ4n) is 2.31. The van der Waals surface area contributed by atoms with Crippen molar-refractivity contribution in [3.8, 4) is 0 Å². The molecular weight excluding hydrogens is 242 g/mol. The van der Waals surface area contributed by atoms with Crippen molar-refractivity contribution in [2.45, 2.75) is 46.6 Å². The second kappa shape index (κ2) is 6.36. The highest BCUT2D eigenvalue weighted by Gasteiger charge is 2.21. The van der Waals surface area contributed by atoms with Gasteiger partial charge in [0.15, 0.2) is 0 Å². The summed E-state index contributed by atoms with van der Waals surface area (Å²) >= 11 is 0. The second-order valence-corrected chi connectivity index (χ2v) is 4.93. The van der Waals surface area contributed by atoms with E-state index in [0.29, 0.717) is 18.4 Å². The summed E-state index contributed by atoms with van der Waals surface area (Å²) in [7, 11) is 0. The van der Waals surface area contributed by atoms with E-state index in [1.807, 2.05) is 39.8 Å². The maximum absolute atomic E-state index is 12.2. The molecule has 1 aromatic rings. The summed E-state index contributed by atoms with van der Waals surface area (Å²) < 4.78 is 0. The Labute approximate surface area is 113 Å². The molecule has 0 heterocycles. The number of carboxylic acids is 1. The first-order chi connectivity index (χ1) is 8.86. The van der Waals surface area contributed by atoms with E-state index in [2.05, 4.69) is 5.32 Å². The molecule has 0 aromatic heterocycles. The monoisotopic (exact) mass is 263 g/mol. The van der Waals surface area contributed by atoms with E-state index in [1.54, 1.807) is 0 Å². The highest BCUT2D eigenvalue weighted by Crippen LogP contribution is 2.16. The van der Waals surface area contributed by atoms with Crippen LogP contribution in [0.2, 0.25) is 0 Å². The first-order valence-electron chi connectivity index (χ1n) is 6.48. The van der Waals surface area contributed by atoms with Crippen LogP contribution >= 0.6 is 0 Å². The standard InChI is InChI=1S/C15H21NO3/c1-5-6-12(15(18)19)16-14(17)13-10(3)7-9(2)8-11(13)4/h7-8,12H,5-6H2,1-4H3,(H,16,17)(H,18,19)/t12-/m1/s1. The third-order valence-electron chi connectivity index (χ3n) is 3.08. The molecule has 4 heteroatoms. The number of hydrogen-bond donors (Lipinski definition) is 2. The van der Waals surface area contributed by atoms with Crippen molar-refractivity contribution in [3.63, 3.8) is 0 Å². The van der Waals surface area contributed by atoms with Crippen LogP contribution in [-0.4, -0.2) is 23.0 Å². The van der Waals surface area contributed by atoms with Crippen molar-refractivity contribution in [2.24, 2.45) is 0 Å². The molecule has 0 fully saturated rings. The van der Waals surface area contributed by atoms with E-state index >= 15 is 0 Å². The molecule has 4 nitrogen and oxygen atoms in total. The molecule has 1 rings (SSSR count). The Hall–Kier alpha value is -1.84. The number of carboxylic acid groups (broad SMARTS) is 1. The van der Waals surface area contributed by atoms with E-state index in [4.69, 9.17) is 5.11 Å². The Morgan fingerprint density at radius 2 is 1.74 bits per heavy atom.